The fourth-order valence-corrected chi connectivity index (χ4v) is 2.83. The molecule has 1 aromatic heterocycles. The minimum absolute atomic E-state index is 0.191. The largest absolute Gasteiger partial charge is 0.388 e. The van der Waals surface area contributed by atoms with Gasteiger partial charge in [0.15, 0.2) is 0 Å². The van der Waals surface area contributed by atoms with Gasteiger partial charge in [-0.3, -0.25) is 4.79 Å². The summed E-state index contributed by atoms with van der Waals surface area (Å²) in [5, 5.41) is 10.5. The first-order valence-corrected chi connectivity index (χ1v) is 6.93. The second kappa shape index (κ2) is 5.95. The summed E-state index contributed by atoms with van der Waals surface area (Å²) in [6.45, 7) is 0.317. The van der Waals surface area contributed by atoms with Gasteiger partial charge in [-0.15, -0.1) is 0 Å². The van der Waals surface area contributed by atoms with Crippen molar-refractivity contribution < 1.29 is 9.90 Å². The fourth-order valence-electron chi connectivity index (χ4n) is 2.62. The Morgan fingerprint density at radius 1 is 1.55 bits per heavy atom. The SMILES string of the molecule is CN(CC1(O)CCCC1)C(=O)c1cc(Cl)nc(NN)c1. The number of anilines is 1. The number of rotatable bonds is 4. The number of hydrogen-bond donors (Lipinski definition) is 3. The van der Waals surface area contributed by atoms with Crippen molar-refractivity contribution in [3.63, 3.8) is 0 Å². The second-order valence-electron chi connectivity index (χ2n) is 5.30. The molecule has 0 unspecified atom stereocenters. The van der Waals surface area contributed by atoms with Gasteiger partial charge in [-0.2, -0.15) is 0 Å². The summed E-state index contributed by atoms with van der Waals surface area (Å²) in [6, 6.07) is 3.02. The first-order chi connectivity index (χ1) is 9.43. The number of nitrogens with two attached hydrogens (primary N) is 1. The first kappa shape index (κ1) is 15.0. The minimum Gasteiger partial charge on any atom is -0.388 e. The van der Waals surface area contributed by atoms with Crippen LogP contribution in [0.15, 0.2) is 12.1 Å². The molecule has 20 heavy (non-hydrogen) atoms. The molecule has 1 aliphatic carbocycles. The molecule has 1 heterocycles. The number of hydrogen-bond acceptors (Lipinski definition) is 5. The predicted molar refractivity (Wildman–Crippen MR) is 77.4 cm³/mol. The van der Waals surface area contributed by atoms with E-state index in [1.54, 1.807) is 7.05 Å². The number of nitrogens with zero attached hydrogens (tertiary/aromatic N) is 2. The van der Waals surface area contributed by atoms with Crippen molar-refractivity contribution in [2.45, 2.75) is 31.3 Å². The van der Waals surface area contributed by atoms with Crippen LogP contribution in [0.1, 0.15) is 36.0 Å². The van der Waals surface area contributed by atoms with Crippen LogP contribution >= 0.6 is 11.6 Å². The van der Waals surface area contributed by atoms with Crippen molar-refractivity contribution >= 4 is 23.3 Å². The maximum atomic E-state index is 12.4. The third kappa shape index (κ3) is 3.39. The maximum absolute atomic E-state index is 12.4. The normalized spacial score (nSPS) is 17.0. The van der Waals surface area contributed by atoms with Crippen LogP contribution in [-0.4, -0.2) is 40.1 Å². The highest BCUT2D eigenvalue weighted by molar-refractivity contribution is 6.29. The fraction of sp³-hybridized carbons (Fsp3) is 0.538. The van der Waals surface area contributed by atoms with Crippen LogP contribution in [0.4, 0.5) is 5.82 Å². The van der Waals surface area contributed by atoms with Crippen LogP contribution in [0.5, 0.6) is 0 Å². The van der Waals surface area contributed by atoms with E-state index in [0.717, 1.165) is 25.7 Å². The van der Waals surface area contributed by atoms with Crippen LogP contribution < -0.4 is 11.3 Å². The van der Waals surface area contributed by atoms with Gasteiger partial charge in [-0.25, -0.2) is 10.8 Å². The van der Waals surface area contributed by atoms with Crippen molar-refractivity contribution in [2.75, 3.05) is 19.0 Å². The molecular formula is C13H19ClN4O2. The predicted octanol–water partition coefficient (Wildman–Crippen LogP) is 1.40. The molecule has 0 aromatic carbocycles. The number of likely N-dealkylation sites (N-methyl/N-ethyl adjacent to an activating group) is 1. The second-order valence-corrected chi connectivity index (χ2v) is 5.69. The Hall–Kier alpha value is -1.37. The molecule has 1 aliphatic rings. The molecule has 0 bridgehead atoms. The number of amides is 1. The monoisotopic (exact) mass is 298 g/mol. The number of carbonyl (C=O) groups excluding carboxylic acids is 1. The smallest absolute Gasteiger partial charge is 0.253 e. The molecule has 0 aliphatic heterocycles. The number of carbonyl (C=O) groups is 1. The van der Waals surface area contributed by atoms with Gasteiger partial charge >= 0.3 is 0 Å². The highest BCUT2D eigenvalue weighted by Gasteiger charge is 2.33. The van der Waals surface area contributed by atoms with E-state index in [2.05, 4.69) is 10.4 Å². The van der Waals surface area contributed by atoms with Gasteiger partial charge < -0.3 is 15.4 Å². The van der Waals surface area contributed by atoms with Gasteiger partial charge in [0.05, 0.1) is 5.60 Å². The van der Waals surface area contributed by atoms with Crippen molar-refractivity contribution in [3.05, 3.63) is 22.8 Å². The molecule has 4 N–H and O–H groups in total. The van der Waals surface area contributed by atoms with Crippen LogP contribution in [0.25, 0.3) is 0 Å². The quantitative estimate of drug-likeness (QED) is 0.444. The lowest BCUT2D eigenvalue weighted by Gasteiger charge is -2.28. The topological polar surface area (TPSA) is 91.5 Å². The molecule has 6 nitrogen and oxygen atoms in total. The Balaban J connectivity index is 2.12. The highest BCUT2D eigenvalue weighted by atomic mass is 35.5. The summed E-state index contributed by atoms with van der Waals surface area (Å²) < 4.78 is 0. The van der Waals surface area contributed by atoms with Gasteiger partial charge in [-0.1, -0.05) is 24.4 Å². The Labute approximate surface area is 122 Å². The standard InChI is InChI=1S/C13H19ClN4O2/c1-18(8-13(20)4-2-3-5-13)12(19)9-6-10(14)16-11(7-9)17-15/h6-7,20H,2-5,8,15H2,1H3,(H,16,17). The van der Waals surface area contributed by atoms with Crippen LogP contribution in [0, 0.1) is 0 Å². The molecule has 7 heteroatoms. The van der Waals surface area contributed by atoms with E-state index in [1.807, 2.05) is 0 Å². The van der Waals surface area contributed by atoms with Crippen molar-refractivity contribution in [1.82, 2.24) is 9.88 Å². The van der Waals surface area contributed by atoms with Gasteiger partial charge in [0.2, 0.25) is 0 Å². The lowest BCUT2D eigenvalue weighted by Crippen LogP contribution is -2.42. The highest BCUT2D eigenvalue weighted by Crippen LogP contribution is 2.30. The molecular weight excluding hydrogens is 280 g/mol. The summed E-state index contributed by atoms with van der Waals surface area (Å²) in [7, 11) is 1.67. The molecule has 1 fully saturated rings. The molecule has 1 amide bonds. The Bertz CT molecular complexity index is 503. The molecule has 1 saturated carbocycles. The average molecular weight is 299 g/mol. The molecule has 0 spiro atoms. The zero-order valence-corrected chi connectivity index (χ0v) is 12.2. The number of pyridine rings is 1. The van der Waals surface area contributed by atoms with Crippen molar-refractivity contribution in [3.8, 4) is 0 Å². The van der Waals surface area contributed by atoms with Crippen molar-refractivity contribution in [2.24, 2.45) is 5.84 Å². The third-order valence-corrected chi connectivity index (χ3v) is 3.79. The number of hydrazine groups is 1. The van der Waals surface area contributed by atoms with Crippen molar-refractivity contribution in [1.29, 1.82) is 0 Å². The third-order valence-electron chi connectivity index (χ3n) is 3.60. The average Bonchev–Trinajstić information content (AvgIpc) is 2.83. The Kier molecular flexibility index (Phi) is 4.47. The molecule has 0 atom stereocenters. The number of halogens is 1. The van der Waals surface area contributed by atoms with Crippen LogP contribution in [-0.2, 0) is 0 Å². The van der Waals surface area contributed by atoms with Gasteiger partial charge in [-0.05, 0) is 25.0 Å². The number of aromatic nitrogens is 1. The Morgan fingerprint density at radius 2 is 2.20 bits per heavy atom. The van der Waals surface area contributed by atoms with E-state index in [9.17, 15) is 9.90 Å². The van der Waals surface area contributed by atoms with Gasteiger partial charge in [0.25, 0.3) is 5.91 Å². The number of aliphatic hydroxyl groups is 1. The molecule has 1 aromatic rings. The summed E-state index contributed by atoms with van der Waals surface area (Å²) in [6.07, 6.45) is 3.47. The number of nitrogens with one attached hydrogen (secondary N) is 1. The lowest BCUT2D eigenvalue weighted by atomic mass is 10.0. The van der Waals surface area contributed by atoms with E-state index >= 15 is 0 Å². The van der Waals surface area contributed by atoms with E-state index in [-0.39, 0.29) is 11.1 Å². The zero-order chi connectivity index (χ0) is 14.8. The summed E-state index contributed by atoms with van der Waals surface area (Å²) in [5.41, 5.74) is 1.99. The first-order valence-electron chi connectivity index (χ1n) is 6.56. The van der Waals surface area contributed by atoms with E-state index in [4.69, 9.17) is 17.4 Å². The Morgan fingerprint density at radius 3 is 2.80 bits per heavy atom. The summed E-state index contributed by atoms with van der Waals surface area (Å²) >= 11 is 5.85. The number of nitrogen functional groups attached to an aromatic ring is 1. The maximum Gasteiger partial charge on any atom is 0.253 e. The molecule has 2 rings (SSSR count). The minimum atomic E-state index is -0.768. The molecule has 0 saturated heterocycles. The van der Waals surface area contributed by atoms with E-state index in [1.165, 1.54) is 17.0 Å². The van der Waals surface area contributed by atoms with Crippen LogP contribution in [0.3, 0.4) is 0 Å². The lowest BCUT2D eigenvalue weighted by molar-refractivity contribution is 0.0157. The van der Waals surface area contributed by atoms with Gasteiger partial charge in [0.1, 0.15) is 11.0 Å². The van der Waals surface area contributed by atoms with Crippen LogP contribution in [0.2, 0.25) is 5.15 Å². The summed E-state index contributed by atoms with van der Waals surface area (Å²) in [4.78, 5) is 17.8. The van der Waals surface area contributed by atoms with E-state index in [0.29, 0.717) is 17.9 Å². The van der Waals surface area contributed by atoms with Gasteiger partial charge in [0, 0.05) is 19.2 Å². The zero-order valence-electron chi connectivity index (χ0n) is 11.4. The molecule has 110 valence electrons. The van der Waals surface area contributed by atoms with E-state index < -0.39 is 5.60 Å². The summed E-state index contributed by atoms with van der Waals surface area (Å²) in [5.74, 6) is 5.39. The molecule has 0 radical (unpaired) electrons.